The van der Waals surface area contributed by atoms with Crippen LogP contribution in [0.3, 0.4) is 0 Å². The number of anilines is 2. The largest absolute Gasteiger partial charge is 0.332 e. The van der Waals surface area contributed by atoms with Gasteiger partial charge in [0.2, 0.25) is 0 Å². The SMILES string of the molecule is Brc1nccs1.CCc1csc(Nc2ccc(Br)cc2)n1. The normalized spacial score (nSPS) is 9.86. The molecule has 3 rings (SSSR count). The van der Waals surface area contributed by atoms with E-state index >= 15 is 0 Å². The molecule has 110 valence electrons. The Morgan fingerprint density at radius 1 is 1.14 bits per heavy atom. The lowest BCUT2D eigenvalue weighted by Crippen LogP contribution is -1.89. The highest BCUT2D eigenvalue weighted by Gasteiger charge is 2.00. The van der Waals surface area contributed by atoms with Crippen molar-refractivity contribution < 1.29 is 0 Å². The summed E-state index contributed by atoms with van der Waals surface area (Å²) in [5.41, 5.74) is 2.20. The van der Waals surface area contributed by atoms with Gasteiger partial charge in [0.05, 0.1) is 5.69 Å². The highest BCUT2D eigenvalue weighted by molar-refractivity contribution is 9.11. The summed E-state index contributed by atoms with van der Waals surface area (Å²) >= 11 is 9.82. The van der Waals surface area contributed by atoms with Crippen LogP contribution in [0.2, 0.25) is 0 Å². The number of hydrogen-bond acceptors (Lipinski definition) is 5. The number of aryl methyl sites for hydroxylation is 1. The van der Waals surface area contributed by atoms with Crippen molar-refractivity contribution in [3.05, 3.63) is 55.3 Å². The number of halogens is 2. The third-order valence-corrected chi connectivity index (χ3v) is 5.07. The van der Waals surface area contributed by atoms with Crippen LogP contribution in [0.4, 0.5) is 10.8 Å². The van der Waals surface area contributed by atoms with Gasteiger partial charge in [0, 0.05) is 27.1 Å². The number of thiazole rings is 2. The van der Waals surface area contributed by atoms with E-state index in [2.05, 4.69) is 59.4 Å². The fourth-order valence-corrected chi connectivity index (χ4v) is 3.27. The fraction of sp³-hybridized carbons (Fsp3) is 0.143. The molecule has 7 heteroatoms. The molecule has 0 bridgehead atoms. The minimum absolute atomic E-state index is 0.947. The summed E-state index contributed by atoms with van der Waals surface area (Å²) < 4.78 is 2.03. The zero-order valence-electron chi connectivity index (χ0n) is 11.2. The Hall–Kier alpha value is -0.760. The lowest BCUT2D eigenvalue weighted by molar-refractivity contribution is 1.06. The maximum atomic E-state index is 4.44. The van der Waals surface area contributed by atoms with Gasteiger partial charge < -0.3 is 5.32 Å². The Morgan fingerprint density at radius 2 is 1.90 bits per heavy atom. The first kappa shape index (κ1) is 16.6. The fourth-order valence-electron chi connectivity index (χ4n) is 1.39. The van der Waals surface area contributed by atoms with Gasteiger partial charge in [-0.3, -0.25) is 0 Å². The van der Waals surface area contributed by atoms with Gasteiger partial charge in [-0.25, -0.2) is 9.97 Å². The molecule has 0 radical (unpaired) electrons. The number of nitrogens with zero attached hydrogens (tertiary/aromatic N) is 2. The van der Waals surface area contributed by atoms with Gasteiger partial charge >= 0.3 is 0 Å². The Morgan fingerprint density at radius 3 is 2.38 bits per heavy atom. The molecule has 0 amide bonds. The zero-order valence-corrected chi connectivity index (χ0v) is 16.0. The van der Waals surface area contributed by atoms with E-state index in [4.69, 9.17) is 0 Å². The van der Waals surface area contributed by atoms with E-state index in [-0.39, 0.29) is 0 Å². The van der Waals surface area contributed by atoms with Gasteiger partial charge in [0.15, 0.2) is 9.05 Å². The summed E-state index contributed by atoms with van der Waals surface area (Å²) in [6.07, 6.45) is 2.74. The number of hydrogen-bond donors (Lipinski definition) is 1. The average molecular weight is 447 g/mol. The quantitative estimate of drug-likeness (QED) is 0.526. The Bertz CT molecular complexity index is 651. The van der Waals surface area contributed by atoms with E-state index in [1.807, 2.05) is 29.6 Å². The van der Waals surface area contributed by atoms with Gasteiger partial charge in [0.25, 0.3) is 0 Å². The van der Waals surface area contributed by atoms with Crippen molar-refractivity contribution >= 4 is 65.4 Å². The van der Waals surface area contributed by atoms with Crippen LogP contribution in [0.5, 0.6) is 0 Å². The Kier molecular flexibility index (Phi) is 6.82. The molecule has 3 nitrogen and oxygen atoms in total. The van der Waals surface area contributed by atoms with Crippen molar-refractivity contribution in [2.75, 3.05) is 5.32 Å². The molecule has 0 aliphatic heterocycles. The molecule has 0 aliphatic rings. The minimum Gasteiger partial charge on any atom is -0.332 e. The lowest BCUT2D eigenvalue weighted by Gasteiger charge is -2.01. The van der Waals surface area contributed by atoms with Crippen LogP contribution in [0.15, 0.2) is 49.6 Å². The molecular weight excluding hydrogens is 434 g/mol. The molecule has 0 saturated carbocycles. The van der Waals surface area contributed by atoms with Crippen molar-refractivity contribution in [2.24, 2.45) is 0 Å². The first-order valence-corrected chi connectivity index (χ1v) is 9.54. The molecule has 0 spiro atoms. The molecule has 2 heterocycles. The molecule has 0 unspecified atom stereocenters. The van der Waals surface area contributed by atoms with E-state index < -0.39 is 0 Å². The minimum atomic E-state index is 0.947. The maximum Gasteiger partial charge on any atom is 0.187 e. The zero-order chi connectivity index (χ0) is 15.1. The summed E-state index contributed by atoms with van der Waals surface area (Å²) in [5.74, 6) is 0. The van der Waals surface area contributed by atoms with Crippen LogP contribution in [-0.2, 0) is 6.42 Å². The first-order valence-electron chi connectivity index (χ1n) is 6.19. The molecule has 3 aromatic rings. The van der Waals surface area contributed by atoms with E-state index in [1.165, 1.54) is 0 Å². The second-order valence-electron chi connectivity index (χ2n) is 3.91. The molecule has 1 N–H and O–H groups in total. The molecule has 0 fully saturated rings. The van der Waals surface area contributed by atoms with Gasteiger partial charge in [-0.1, -0.05) is 22.9 Å². The second kappa shape index (κ2) is 8.63. The van der Waals surface area contributed by atoms with Crippen LogP contribution in [0, 0.1) is 0 Å². The van der Waals surface area contributed by atoms with E-state index in [9.17, 15) is 0 Å². The molecule has 1 aromatic carbocycles. The molecule has 2 aromatic heterocycles. The smallest absolute Gasteiger partial charge is 0.187 e. The van der Waals surface area contributed by atoms with E-state index in [1.54, 1.807) is 28.9 Å². The molecule has 21 heavy (non-hydrogen) atoms. The Balaban J connectivity index is 0.000000225. The number of aromatic nitrogens is 2. The number of benzene rings is 1. The molecule has 0 atom stereocenters. The predicted molar refractivity (Wildman–Crippen MR) is 98.7 cm³/mol. The summed E-state index contributed by atoms with van der Waals surface area (Å²) in [6.45, 7) is 2.11. The van der Waals surface area contributed by atoms with Crippen LogP contribution >= 0.6 is 54.5 Å². The highest BCUT2D eigenvalue weighted by Crippen LogP contribution is 2.22. The molecular formula is C14H13Br2N3S2. The average Bonchev–Trinajstić information content (AvgIpc) is 3.13. The van der Waals surface area contributed by atoms with Crippen LogP contribution in [0.25, 0.3) is 0 Å². The monoisotopic (exact) mass is 445 g/mol. The van der Waals surface area contributed by atoms with Crippen molar-refractivity contribution in [1.29, 1.82) is 0 Å². The second-order valence-corrected chi connectivity index (χ2v) is 7.86. The van der Waals surface area contributed by atoms with E-state index in [0.717, 1.165) is 31.3 Å². The van der Waals surface area contributed by atoms with Crippen LogP contribution in [0.1, 0.15) is 12.6 Å². The first-order chi connectivity index (χ1) is 10.2. The topological polar surface area (TPSA) is 37.8 Å². The lowest BCUT2D eigenvalue weighted by atomic mass is 10.3. The van der Waals surface area contributed by atoms with Crippen molar-refractivity contribution in [2.45, 2.75) is 13.3 Å². The van der Waals surface area contributed by atoms with Crippen molar-refractivity contribution in [3.63, 3.8) is 0 Å². The van der Waals surface area contributed by atoms with Crippen LogP contribution in [-0.4, -0.2) is 9.97 Å². The molecule has 0 aliphatic carbocycles. The Labute approximate surface area is 148 Å². The van der Waals surface area contributed by atoms with Crippen molar-refractivity contribution in [3.8, 4) is 0 Å². The summed E-state index contributed by atoms with van der Waals surface area (Å²) in [4.78, 5) is 8.29. The molecule has 0 saturated heterocycles. The maximum absolute atomic E-state index is 4.44. The summed E-state index contributed by atoms with van der Waals surface area (Å²) in [6, 6.07) is 8.07. The number of nitrogens with one attached hydrogen (secondary N) is 1. The van der Waals surface area contributed by atoms with Gasteiger partial charge in [-0.15, -0.1) is 22.7 Å². The standard InChI is InChI=1S/C11H11BrN2S.C3H2BrNS/c1-2-9-7-15-11(13-9)14-10-5-3-8(12)4-6-10;4-3-5-1-2-6-3/h3-7H,2H2,1H3,(H,13,14);1-2H. The van der Waals surface area contributed by atoms with Gasteiger partial charge in [0.1, 0.15) is 0 Å². The summed E-state index contributed by atoms with van der Waals surface area (Å²) in [5, 5.41) is 8.23. The van der Waals surface area contributed by atoms with Gasteiger partial charge in [-0.05, 0) is 46.6 Å². The van der Waals surface area contributed by atoms with Crippen LogP contribution < -0.4 is 5.32 Å². The van der Waals surface area contributed by atoms with Gasteiger partial charge in [-0.2, -0.15) is 0 Å². The summed E-state index contributed by atoms with van der Waals surface area (Å²) in [7, 11) is 0. The van der Waals surface area contributed by atoms with Crippen molar-refractivity contribution in [1.82, 2.24) is 9.97 Å². The predicted octanol–water partition coefficient (Wildman–Crippen LogP) is 6.12. The third kappa shape index (κ3) is 5.86. The number of rotatable bonds is 3. The highest BCUT2D eigenvalue weighted by atomic mass is 79.9. The third-order valence-electron chi connectivity index (χ3n) is 2.41. The van der Waals surface area contributed by atoms with E-state index in [0.29, 0.717) is 0 Å².